The maximum Gasteiger partial charge on any atom is 0.123 e. The molecule has 5 nitrogen and oxygen atoms in total. The minimum Gasteiger partial charge on any atom is -0.492 e. The van der Waals surface area contributed by atoms with Crippen molar-refractivity contribution in [3.63, 3.8) is 0 Å². The molecule has 0 amide bonds. The molecule has 1 heterocycles. The molecule has 0 spiro atoms. The zero-order chi connectivity index (χ0) is 14.9. The van der Waals surface area contributed by atoms with Crippen LogP contribution in [0.15, 0.2) is 18.2 Å². The Labute approximate surface area is 130 Å². The molecule has 0 aromatic heterocycles. The third-order valence-electron chi connectivity index (χ3n) is 3.40. The summed E-state index contributed by atoms with van der Waals surface area (Å²) >= 11 is 6.03. The van der Waals surface area contributed by atoms with E-state index in [1.807, 2.05) is 18.2 Å². The number of nitrogens with one attached hydrogen (secondary N) is 1. The lowest BCUT2D eigenvalue weighted by atomic mass is 10.2. The summed E-state index contributed by atoms with van der Waals surface area (Å²) in [6.07, 6.45) is 0. The first-order valence-electron chi connectivity index (χ1n) is 7.32. The highest BCUT2D eigenvalue weighted by molar-refractivity contribution is 6.30. The third-order valence-corrected chi connectivity index (χ3v) is 3.63. The number of rotatable bonds is 8. The highest BCUT2D eigenvalue weighted by Crippen LogP contribution is 2.22. The van der Waals surface area contributed by atoms with Gasteiger partial charge in [0.1, 0.15) is 12.4 Å². The summed E-state index contributed by atoms with van der Waals surface area (Å²) in [5, 5.41) is 12.7. The molecule has 1 aliphatic heterocycles. The molecule has 1 aromatic rings. The maximum atomic E-state index is 8.82. The standard InChI is InChI=1S/C15H23ClN2O3/c16-14-1-2-15(13(11-14)12-17-3-7-19)21-10-6-18-4-8-20-9-5-18/h1-2,11,17,19H,3-10,12H2. The van der Waals surface area contributed by atoms with E-state index in [1.165, 1.54) is 0 Å². The number of benzene rings is 1. The van der Waals surface area contributed by atoms with Crippen molar-refractivity contribution in [3.05, 3.63) is 28.8 Å². The molecule has 0 aliphatic carbocycles. The van der Waals surface area contributed by atoms with Crippen LogP contribution in [0.1, 0.15) is 5.56 Å². The molecule has 21 heavy (non-hydrogen) atoms. The molecule has 6 heteroatoms. The van der Waals surface area contributed by atoms with Gasteiger partial charge >= 0.3 is 0 Å². The van der Waals surface area contributed by atoms with Crippen LogP contribution in [0.5, 0.6) is 5.75 Å². The van der Waals surface area contributed by atoms with Gasteiger partial charge in [0.15, 0.2) is 0 Å². The Bertz CT molecular complexity index is 425. The average molecular weight is 315 g/mol. The van der Waals surface area contributed by atoms with Crippen LogP contribution in [0.2, 0.25) is 5.02 Å². The van der Waals surface area contributed by atoms with Gasteiger partial charge in [0.2, 0.25) is 0 Å². The number of ether oxygens (including phenoxy) is 2. The van der Waals surface area contributed by atoms with Gasteiger partial charge in [-0.2, -0.15) is 0 Å². The van der Waals surface area contributed by atoms with E-state index in [0.29, 0.717) is 24.7 Å². The quantitative estimate of drug-likeness (QED) is 0.705. The molecule has 1 aromatic carbocycles. The predicted molar refractivity (Wildman–Crippen MR) is 83.0 cm³/mol. The Hall–Kier alpha value is -0.850. The summed E-state index contributed by atoms with van der Waals surface area (Å²) in [6, 6.07) is 5.63. The Kier molecular flexibility index (Phi) is 7.26. The van der Waals surface area contributed by atoms with E-state index >= 15 is 0 Å². The van der Waals surface area contributed by atoms with Crippen LogP contribution in [0.3, 0.4) is 0 Å². The van der Waals surface area contributed by atoms with Gasteiger partial charge in [0, 0.05) is 43.3 Å². The van der Waals surface area contributed by atoms with Gasteiger partial charge < -0.3 is 19.9 Å². The minimum atomic E-state index is 0.119. The number of nitrogens with zero attached hydrogens (tertiary/aromatic N) is 1. The minimum absolute atomic E-state index is 0.119. The van der Waals surface area contributed by atoms with Gasteiger partial charge in [-0.05, 0) is 18.2 Å². The molecule has 0 atom stereocenters. The molecule has 1 aliphatic rings. The lowest BCUT2D eigenvalue weighted by Crippen LogP contribution is -2.38. The van der Waals surface area contributed by atoms with Gasteiger partial charge in [0.25, 0.3) is 0 Å². The van der Waals surface area contributed by atoms with E-state index in [4.69, 9.17) is 26.2 Å². The first kappa shape index (κ1) is 16.5. The van der Waals surface area contributed by atoms with Gasteiger partial charge in [-0.25, -0.2) is 0 Å². The van der Waals surface area contributed by atoms with Crippen LogP contribution < -0.4 is 10.1 Å². The Morgan fingerprint density at radius 1 is 1.33 bits per heavy atom. The van der Waals surface area contributed by atoms with Crippen LogP contribution in [0, 0.1) is 0 Å². The van der Waals surface area contributed by atoms with Crippen molar-refractivity contribution >= 4 is 11.6 Å². The van der Waals surface area contributed by atoms with Crippen LogP contribution in [-0.4, -0.2) is 62.6 Å². The molecule has 2 rings (SSSR count). The second-order valence-electron chi connectivity index (χ2n) is 4.95. The zero-order valence-electron chi connectivity index (χ0n) is 12.2. The largest absolute Gasteiger partial charge is 0.492 e. The molecule has 0 bridgehead atoms. The van der Waals surface area contributed by atoms with Gasteiger partial charge in [-0.3, -0.25) is 4.90 Å². The van der Waals surface area contributed by atoms with Gasteiger partial charge in [-0.1, -0.05) is 11.6 Å². The van der Waals surface area contributed by atoms with E-state index in [-0.39, 0.29) is 6.61 Å². The molecule has 2 N–H and O–H groups in total. The fraction of sp³-hybridized carbons (Fsp3) is 0.600. The second-order valence-corrected chi connectivity index (χ2v) is 5.39. The Balaban J connectivity index is 1.82. The lowest BCUT2D eigenvalue weighted by Gasteiger charge is -2.26. The summed E-state index contributed by atoms with van der Waals surface area (Å²) < 4.78 is 11.2. The summed E-state index contributed by atoms with van der Waals surface area (Å²) in [5.41, 5.74) is 1.01. The molecule has 1 saturated heterocycles. The molecule has 0 radical (unpaired) electrons. The van der Waals surface area contributed by atoms with Crippen molar-refractivity contribution in [2.45, 2.75) is 6.54 Å². The summed E-state index contributed by atoms with van der Waals surface area (Å²) in [5.74, 6) is 0.845. The van der Waals surface area contributed by atoms with Gasteiger partial charge in [0.05, 0.1) is 19.8 Å². The molecule has 118 valence electrons. The summed E-state index contributed by atoms with van der Waals surface area (Å²) in [4.78, 5) is 2.34. The molecule has 1 fully saturated rings. The van der Waals surface area contributed by atoms with Crippen molar-refractivity contribution in [1.82, 2.24) is 10.2 Å². The Morgan fingerprint density at radius 3 is 2.90 bits per heavy atom. The molecular weight excluding hydrogens is 292 g/mol. The topological polar surface area (TPSA) is 54.0 Å². The maximum absolute atomic E-state index is 8.82. The lowest BCUT2D eigenvalue weighted by molar-refractivity contribution is 0.0322. The fourth-order valence-electron chi connectivity index (χ4n) is 2.24. The number of halogens is 1. The highest BCUT2D eigenvalue weighted by atomic mass is 35.5. The number of hydrogen-bond acceptors (Lipinski definition) is 5. The van der Waals surface area contributed by atoms with Crippen LogP contribution in [-0.2, 0) is 11.3 Å². The summed E-state index contributed by atoms with van der Waals surface area (Å²) in [6.45, 7) is 6.39. The summed E-state index contributed by atoms with van der Waals surface area (Å²) in [7, 11) is 0. The number of aliphatic hydroxyl groups is 1. The first-order valence-corrected chi connectivity index (χ1v) is 7.70. The average Bonchev–Trinajstić information content (AvgIpc) is 2.51. The zero-order valence-corrected chi connectivity index (χ0v) is 12.9. The van der Waals surface area contributed by atoms with Crippen LogP contribution in [0.25, 0.3) is 0 Å². The van der Waals surface area contributed by atoms with Crippen molar-refractivity contribution in [2.75, 3.05) is 52.6 Å². The Morgan fingerprint density at radius 2 is 2.14 bits per heavy atom. The van der Waals surface area contributed by atoms with E-state index in [0.717, 1.165) is 44.2 Å². The van der Waals surface area contributed by atoms with Crippen LogP contribution in [0.4, 0.5) is 0 Å². The smallest absolute Gasteiger partial charge is 0.123 e. The monoisotopic (exact) mass is 314 g/mol. The van der Waals surface area contributed by atoms with Crippen molar-refractivity contribution in [2.24, 2.45) is 0 Å². The fourth-order valence-corrected chi connectivity index (χ4v) is 2.43. The molecule has 0 saturated carbocycles. The van der Waals surface area contributed by atoms with E-state index < -0.39 is 0 Å². The second kappa shape index (κ2) is 9.23. The van der Waals surface area contributed by atoms with Crippen molar-refractivity contribution < 1.29 is 14.6 Å². The van der Waals surface area contributed by atoms with E-state index in [2.05, 4.69) is 10.2 Å². The van der Waals surface area contributed by atoms with Crippen molar-refractivity contribution in [3.8, 4) is 5.75 Å². The molecule has 0 unspecified atom stereocenters. The highest BCUT2D eigenvalue weighted by Gasteiger charge is 2.10. The molecular formula is C15H23ClN2O3. The number of hydrogen-bond donors (Lipinski definition) is 2. The van der Waals surface area contributed by atoms with Crippen LogP contribution >= 0.6 is 11.6 Å². The first-order chi connectivity index (χ1) is 10.3. The SMILES string of the molecule is OCCNCc1cc(Cl)ccc1OCCN1CCOCC1. The van der Waals surface area contributed by atoms with E-state index in [1.54, 1.807) is 0 Å². The van der Waals surface area contributed by atoms with Gasteiger partial charge in [-0.15, -0.1) is 0 Å². The number of morpholine rings is 1. The predicted octanol–water partition coefficient (Wildman–Crippen LogP) is 1.13. The van der Waals surface area contributed by atoms with Crippen molar-refractivity contribution in [1.29, 1.82) is 0 Å². The number of aliphatic hydroxyl groups excluding tert-OH is 1. The third kappa shape index (κ3) is 5.80. The normalized spacial score (nSPS) is 16.1. The van der Waals surface area contributed by atoms with E-state index in [9.17, 15) is 0 Å².